The third-order valence-electron chi connectivity index (χ3n) is 3.01. The van der Waals surface area contributed by atoms with E-state index in [4.69, 9.17) is 9.84 Å². The van der Waals surface area contributed by atoms with E-state index in [2.05, 4.69) is 0 Å². The van der Waals surface area contributed by atoms with Crippen LogP contribution in [-0.2, 0) is 9.53 Å². The van der Waals surface area contributed by atoms with E-state index in [9.17, 15) is 4.79 Å². The van der Waals surface area contributed by atoms with Crippen LogP contribution in [0.2, 0.25) is 0 Å². The molecule has 0 aromatic heterocycles. The first-order chi connectivity index (χ1) is 8.24. The summed E-state index contributed by atoms with van der Waals surface area (Å²) < 4.78 is 5.24. The van der Waals surface area contributed by atoms with Gasteiger partial charge in [0.05, 0.1) is 12.6 Å². The second-order valence-corrected chi connectivity index (χ2v) is 4.23. The molecule has 2 rings (SSSR count). The molecular formula is C13H17NO3. The predicted molar refractivity (Wildman–Crippen MR) is 65.0 cm³/mol. The third-order valence-corrected chi connectivity index (χ3v) is 3.01. The molecule has 0 bridgehead atoms. The summed E-state index contributed by atoms with van der Waals surface area (Å²) in [5.74, 6) is -0.0380. The first-order valence-corrected chi connectivity index (χ1v) is 5.80. The lowest BCUT2D eigenvalue weighted by molar-refractivity contribution is -0.127. The number of amides is 1. The van der Waals surface area contributed by atoms with Crippen LogP contribution < -0.4 is 4.90 Å². The number of ether oxygens (including phenoxy) is 1. The third kappa shape index (κ3) is 2.48. The van der Waals surface area contributed by atoms with E-state index in [0.29, 0.717) is 13.0 Å². The van der Waals surface area contributed by atoms with Gasteiger partial charge in [0.15, 0.2) is 0 Å². The van der Waals surface area contributed by atoms with E-state index < -0.39 is 0 Å². The lowest BCUT2D eigenvalue weighted by Crippen LogP contribution is -2.50. The van der Waals surface area contributed by atoms with Crippen LogP contribution in [0.15, 0.2) is 24.3 Å². The lowest BCUT2D eigenvalue weighted by atomic mass is 10.1. The number of hydrogen-bond donors (Lipinski definition) is 1. The van der Waals surface area contributed by atoms with Gasteiger partial charge in [0, 0.05) is 12.3 Å². The van der Waals surface area contributed by atoms with Crippen molar-refractivity contribution in [3.63, 3.8) is 0 Å². The van der Waals surface area contributed by atoms with Crippen molar-refractivity contribution in [2.45, 2.75) is 19.4 Å². The van der Waals surface area contributed by atoms with Crippen molar-refractivity contribution >= 4 is 11.6 Å². The van der Waals surface area contributed by atoms with Gasteiger partial charge in [-0.05, 0) is 25.0 Å². The number of morpholine rings is 1. The van der Waals surface area contributed by atoms with Crippen LogP contribution >= 0.6 is 0 Å². The topological polar surface area (TPSA) is 49.8 Å². The maximum atomic E-state index is 12.0. The van der Waals surface area contributed by atoms with Gasteiger partial charge in [-0.25, -0.2) is 0 Å². The summed E-state index contributed by atoms with van der Waals surface area (Å²) in [7, 11) is 0. The smallest absolute Gasteiger partial charge is 0.253 e. The minimum absolute atomic E-state index is 0.0380. The Labute approximate surface area is 101 Å². The van der Waals surface area contributed by atoms with E-state index >= 15 is 0 Å². The molecule has 1 unspecified atom stereocenters. The molecule has 0 radical (unpaired) electrons. The minimum Gasteiger partial charge on any atom is -0.396 e. The van der Waals surface area contributed by atoms with Crippen molar-refractivity contribution in [3.8, 4) is 0 Å². The van der Waals surface area contributed by atoms with Gasteiger partial charge in [0.25, 0.3) is 5.91 Å². The Hall–Kier alpha value is -1.39. The molecule has 1 fully saturated rings. The zero-order chi connectivity index (χ0) is 12.3. The number of aryl methyl sites for hydroxylation is 1. The summed E-state index contributed by atoms with van der Waals surface area (Å²) in [6.45, 7) is 2.65. The van der Waals surface area contributed by atoms with Crippen molar-refractivity contribution < 1.29 is 14.6 Å². The van der Waals surface area contributed by atoms with Gasteiger partial charge in [-0.2, -0.15) is 0 Å². The highest BCUT2D eigenvalue weighted by atomic mass is 16.5. The maximum Gasteiger partial charge on any atom is 0.253 e. The SMILES string of the molecule is Cc1ccccc1N1C(=O)COCC1CCO. The number of aliphatic hydroxyl groups is 1. The number of nitrogens with zero attached hydrogens (tertiary/aromatic N) is 1. The number of carbonyl (C=O) groups excluding carboxylic acids is 1. The van der Waals surface area contributed by atoms with Crippen molar-refractivity contribution in [1.29, 1.82) is 0 Å². The molecule has 1 aromatic carbocycles. The number of para-hydroxylation sites is 1. The molecule has 1 aromatic rings. The Morgan fingerprint density at radius 3 is 2.94 bits per heavy atom. The molecule has 17 heavy (non-hydrogen) atoms. The van der Waals surface area contributed by atoms with Crippen LogP contribution in [0, 0.1) is 6.92 Å². The standard InChI is InChI=1S/C13H17NO3/c1-10-4-2-3-5-12(10)14-11(6-7-15)8-17-9-13(14)16/h2-5,11,15H,6-9H2,1H3. The number of carbonyl (C=O) groups is 1. The van der Waals surface area contributed by atoms with Crippen molar-refractivity contribution in [1.82, 2.24) is 0 Å². The average Bonchev–Trinajstić information content (AvgIpc) is 2.31. The number of hydrogen-bond acceptors (Lipinski definition) is 3. The normalized spacial score (nSPS) is 20.7. The largest absolute Gasteiger partial charge is 0.396 e. The van der Waals surface area contributed by atoms with Gasteiger partial charge in [0.1, 0.15) is 6.61 Å². The highest BCUT2D eigenvalue weighted by molar-refractivity contribution is 5.96. The number of anilines is 1. The Morgan fingerprint density at radius 1 is 1.47 bits per heavy atom. The highest BCUT2D eigenvalue weighted by Crippen LogP contribution is 2.25. The zero-order valence-corrected chi connectivity index (χ0v) is 9.93. The van der Waals surface area contributed by atoms with Crippen LogP contribution in [0.1, 0.15) is 12.0 Å². The molecular weight excluding hydrogens is 218 g/mol. The molecule has 1 heterocycles. The molecule has 92 valence electrons. The molecule has 1 saturated heterocycles. The molecule has 4 heteroatoms. The van der Waals surface area contributed by atoms with E-state index in [0.717, 1.165) is 11.3 Å². The van der Waals surface area contributed by atoms with Crippen LogP contribution in [0.3, 0.4) is 0 Å². The summed E-state index contributed by atoms with van der Waals surface area (Å²) in [5, 5.41) is 9.05. The lowest BCUT2D eigenvalue weighted by Gasteiger charge is -2.36. The Morgan fingerprint density at radius 2 is 2.24 bits per heavy atom. The Balaban J connectivity index is 2.31. The maximum absolute atomic E-state index is 12.0. The van der Waals surface area contributed by atoms with Crippen LogP contribution in [0.4, 0.5) is 5.69 Å². The monoisotopic (exact) mass is 235 g/mol. The van der Waals surface area contributed by atoms with E-state index in [-0.39, 0.29) is 25.2 Å². The van der Waals surface area contributed by atoms with Gasteiger partial charge in [-0.3, -0.25) is 4.79 Å². The molecule has 1 amide bonds. The van der Waals surface area contributed by atoms with Crippen molar-refractivity contribution in [3.05, 3.63) is 29.8 Å². The van der Waals surface area contributed by atoms with Gasteiger partial charge in [-0.1, -0.05) is 18.2 Å². The van der Waals surface area contributed by atoms with E-state index in [1.165, 1.54) is 0 Å². The predicted octanol–water partition coefficient (Wildman–Crippen LogP) is 1.11. The molecule has 1 aliphatic rings. The molecule has 1 N–H and O–H groups in total. The number of benzene rings is 1. The summed E-state index contributed by atoms with van der Waals surface area (Å²) in [6.07, 6.45) is 0.542. The molecule has 1 aliphatic heterocycles. The van der Waals surface area contributed by atoms with Gasteiger partial charge < -0.3 is 14.7 Å². The van der Waals surface area contributed by atoms with Gasteiger partial charge in [-0.15, -0.1) is 0 Å². The summed E-state index contributed by atoms with van der Waals surface area (Å²) >= 11 is 0. The van der Waals surface area contributed by atoms with Crippen molar-refractivity contribution in [2.75, 3.05) is 24.7 Å². The van der Waals surface area contributed by atoms with Crippen LogP contribution in [-0.4, -0.2) is 36.9 Å². The van der Waals surface area contributed by atoms with Crippen LogP contribution in [0.5, 0.6) is 0 Å². The van der Waals surface area contributed by atoms with Gasteiger partial charge in [0.2, 0.25) is 0 Å². The Bertz CT molecular complexity index is 403. The summed E-state index contributed by atoms with van der Waals surface area (Å²) in [6, 6.07) is 7.71. The second kappa shape index (κ2) is 5.29. The first-order valence-electron chi connectivity index (χ1n) is 5.80. The number of aliphatic hydroxyl groups excluding tert-OH is 1. The fraction of sp³-hybridized carbons (Fsp3) is 0.462. The van der Waals surface area contributed by atoms with Gasteiger partial charge >= 0.3 is 0 Å². The molecule has 4 nitrogen and oxygen atoms in total. The van der Waals surface area contributed by atoms with E-state index in [1.54, 1.807) is 4.90 Å². The second-order valence-electron chi connectivity index (χ2n) is 4.23. The van der Waals surface area contributed by atoms with Crippen molar-refractivity contribution in [2.24, 2.45) is 0 Å². The average molecular weight is 235 g/mol. The molecule has 0 aliphatic carbocycles. The summed E-state index contributed by atoms with van der Waals surface area (Å²) in [4.78, 5) is 13.7. The van der Waals surface area contributed by atoms with Crippen LogP contribution in [0.25, 0.3) is 0 Å². The summed E-state index contributed by atoms with van der Waals surface area (Å²) in [5.41, 5.74) is 1.98. The first kappa shape index (κ1) is 12.1. The zero-order valence-electron chi connectivity index (χ0n) is 9.93. The fourth-order valence-electron chi connectivity index (χ4n) is 2.16. The highest BCUT2D eigenvalue weighted by Gasteiger charge is 2.30. The fourth-order valence-corrected chi connectivity index (χ4v) is 2.16. The Kier molecular flexibility index (Phi) is 3.76. The number of rotatable bonds is 3. The quantitative estimate of drug-likeness (QED) is 0.853. The molecule has 0 saturated carbocycles. The molecule has 0 spiro atoms. The molecule has 1 atom stereocenters. The minimum atomic E-state index is -0.0673. The van der Waals surface area contributed by atoms with E-state index in [1.807, 2.05) is 31.2 Å².